The van der Waals surface area contributed by atoms with E-state index >= 15 is 0 Å². The molecule has 1 aromatic rings. The second-order valence-electron chi connectivity index (χ2n) is 2.14. The Morgan fingerprint density at radius 3 is 2.92 bits per heavy atom. The van der Waals surface area contributed by atoms with Crippen LogP contribution in [0.3, 0.4) is 0 Å². The van der Waals surface area contributed by atoms with Crippen molar-refractivity contribution in [3.8, 4) is 0 Å². The lowest BCUT2D eigenvalue weighted by Crippen LogP contribution is -1.97. The lowest BCUT2D eigenvalue weighted by Gasteiger charge is -1.99. The second kappa shape index (κ2) is 4.13. The zero-order chi connectivity index (χ0) is 8.97. The maximum atomic E-state index is 10.5. The topological polar surface area (TPSA) is 49.3 Å². The SMILES string of the molecule is CNSc1cccc(C(=O)O)c1. The van der Waals surface area contributed by atoms with Gasteiger partial charge in [-0.2, -0.15) is 0 Å². The Kier molecular flexibility index (Phi) is 3.13. The Bertz CT molecular complexity index is 288. The predicted octanol–water partition coefficient (Wildman–Crippen LogP) is 1.61. The van der Waals surface area contributed by atoms with Crippen molar-refractivity contribution in [3.63, 3.8) is 0 Å². The minimum Gasteiger partial charge on any atom is -0.478 e. The minimum absolute atomic E-state index is 0.315. The zero-order valence-electron chi connectivity index (χ0n) is 6.57. The van der Waals surface area contributed by atoms with E-state index in [2.05, 4.69) is 4.72 Å². The van der Waals surface area contributed by atoms with E-state index in [0.717, 1.165) is 4.90 Å². The molecule has 3 nitrogen and oxygen atoms in total. The van der Waals surface area contributed by atoms with Gasteiger partial charge in [0.15, 0.2) is 0 Å². The number of hydrogen-bond donors (Lipinski definition) is 2. The summed E-state index contributed by atoms with van der Waals surface area (Å²) < 4.78 is 2.87. The number of carbonyl (C=O) groups is 1. The molecule has 0 aliphatic carbocycles. The van der Waals surface area contributed by atoms with Gasteiger partial charge in [-0.1, -0.05) is 6.07 Å². The molecule has 0 fully saturated rings. The van der Waals surface area contributed by atoms with Gasteiger partial charge in [0.1, 0.15) is 0 Å². The van der Waals surface area contributed by atoms with Crippen molar-refractivity contribution >= 4 is 17.9 Å². The first-order chi connectivity index (χ1) is 5.74. The first-order valence-electron chi connectivity index (χ1n) is 3.41. The molecule has 0 amide bonds. The molecule has 4 heteroatoms. The minimum atomic E-state index is -0.895. The molecule has 64 valence electrons. The van der Waals surface area contributed by atoms with Gasteiger partial charge in [-0.15, -0.1) is 0 Å². The highest BCUT2D eigenvalue weighted by molar-refractivity contribution is 7.97. The zero-order valence-corrected chi connectivity index (χ0v) is 7.39. The largest absolute Gasteiger partial charge is 0.478 e. The van der Waals surface area contributed by atoms with Crippen LogP contribution in [0.15, 0.2) is 29.2 Å². The summed E-state index contributed by atoms with van der Waals surface area (Å²) in [5.74, 6) is -0.895. The summed E-state index contributed by atoms with van der Waals surface area (Å²) in [5, 5.41) is 8.65. The summed E-state index contributed by atoms with van der Waals surface area (Å²) in [6.45, 7) is 0. The summed E-state index contributed by atoms with van der Waals surface area (Å²) in [7, 11) is 1.79. The highest BCUT2D eigenvalue weighted by Crippen LogP contribution is 2.15. The van der Waals surface area contributed by atoms with Crippen LogP contribution in [0, 0.1) is 0 Å². The van der Waals surface area contributed by atoms with E-state index < -0.39 is 5.97 Å². The normalized spacial score (nSPS) is 9.75. The molecule has 0 unspecified atom stereocenters. The van der Waals surface area contributed by atoms with Crippen molar-refractivity contribution in [1.82, 2.24) is 4.72 Å². The Morgan fingerprint density at radius 1 is 1.58 bits per heavy atom. The Morgan fingerprint density at radius 2 is 2.33 bits per heavy atom. The van der Waals surface area contributed by atoms with Gasteiger partial charge in [0.2, 0.25) is 0 Å². The van der Waals surface area contributed by atoms with Crippen LogP contribution < -0.4 is 4.72 Å². The van der Waals surface area contributed by atoms with E-state index in [1.54, 1.807) is 25.2 Å². The van der Waals surface area contributed by atoms with Gasteiger partial charge in [0, 0.05) is 4.90 Å². The fourth-order valence-electron chi connectivity index (χ4n) is 0.810. The molecule has 0 aliphatic heterocycles. The molecule has 1 aromatic carbocycles. The summed E-state index contributed by atoms with van der Waals surface area (Å²) >= 11 is 1.39. The van der Waals surface area contributed by atoms with Gasteiger partial charge in [-0.25, -0.2) is 4.79 Å². The summed E-state index contributed by atoms with van der Waals surface area (Å²) in [6.07, 6.45) is 0. The van der Waals surface area contributed by atoms with Crippen molar-refractivity contribution in [2.24, 2.45) is 0 Å². The van der Waals surface area contributed by atoms with Crippen molar-refractivity contribution in [3.05, 3.63) is 29.8 Å². The quantitative estimate of drug-likeness (QED) is 0.699. The van der Waals surface area contributed by atoms with Crippen LogP contribution in [-0.2, 0) is 0 Å². The average Bonchev–Trinajstić information content (AvgIpc) is 2.05. The second-order valence-corrected chi connectivity index (χ2v) is 3.22. The lowest BCUT2D eigenvalue weighted by atomic mass is 10.2. The van der Waals surface area contributed by atoms with Crippen LogP contribution in [0.2, 0.25) is 0 Å². The van der Waals surface area contributed by atoms with Crippen LogP contribution in [0.1, 0.15) is 10.4 Å². The molecule has 0 radical (unpaired) electrons. The van der Waals surface area contributed by atoms with Gasteiger partial charge < -0.3 is 5.11 Å². The van der Waals surface area contributed by atoms with Gasteiger partial charge in [-0.05, 0) is 37.2 Å². The molecule has 12 heavy (non-hydrogen) atoms. The van der Waals surface area contributed by atoms with E-state index in [4.69, 9.17) is 5.11 Å². The number of benzene rings is 1. The van der Waals surface area contributed by atoms with E-state index in [1.807, 2.05) is 6.07 Å². The van der Waals surface area contributed by atoms with Crippen molar-refractivity contribution in [2.45, 2.75) is 4.90 Å². The monoisotopic (exact) mass is 183 g/mol. The van der Waals surface area contributed by atoms with E-state index in [0.29, 0.717) is 5.56 Å². The standard InChI is InChI=1S/C8H9NO2S/c1-9-12-7-4-2-3-6(5-7)8(10)11/h2-5,9H,1H3,(H,10,11). The number of hydrogen-bond acceptors (Lipinski definition) is 3. The number of carboxylic acid groups (broad SMARTS) is 1. The van der Waals surface area contributed by atoms with E-state index in [1.165, 1.54) is 11.9 Å². The van der Waals surface area contributed by atoms with Gasteiger partial charge in [-0.3, -0.25) is 4.72 Å². The molecule has 0 bridgehead atoms. The first-order valence-corrected chi connectivity index (χ1v) is 4.22. The molecule has 1 rings (SSSR count). The van der Waals surface area contributed by atoms with Crippen LogP contribution in [-0.4, -0.2) is 18.1 Å². The Labute approximate surface area is 74.9 Å². The first kappa shape index (κ1) is 9.09. The highest BCUT2D eigenvalue weighted by atomic mass is 32.2. The number of aromatic carboxylic acids is 1. The van der Waals surface area contributed by atoms with Crippen molar-refractivity contribution in [1.29, 1.82) is 0 Å². The molecule has 0 aromatic heterocycles. The van der Waals surface area contributed by atoms with Crippen LogP contribution in [0.5, 0.6) is 0 Å². The van der Waals surface area contributed by atoms with Gasteiger partial charge in [0.25, 0.3) is 0 Å². The molecular weight excluding hydrogens is 174 g/mol. The maximum Gasteiger partial charge on any atom is 0.335 e. The van der Waals surface area contributed by atoms with Crippen molar-refractivity contribution < 1.29 is 9.90 Å². The smallest absolute Gasteiger partial charge is 0.335 e. The molecule has 0 saturated heterocycles. The summed E-state index contributed by atoms with van der Waals surface area (Å²) in [5.41, 5.74) is 0.315. The van der Waals surface area contributed by atoms with Gasteiger partial charge in [0.05, 0.1) is 5.56 Å². The van der Waals surface area contributed by atoms with Crippen LogP contribution in [0.25, 0.3) is 0 Å². The third kappa shape index (κ3) is 2.25. The summed E-state index contributed by atoms with van der Waals surface area (Å²) in [6, 6.07) is 6.78. The third-order valence-corrected chi connectivity index (χ3v) is 1.99. The molecule has 0 aliphatic rings. The molecule has 0 atom stereocenters. The average molecular weight is 183 g/mol. The summed E-state index contributed by atoms with van der Waals surface area (Å²) in [4.78, 5) is 11.4. The molecule has 0 heterocycles. The Hall–Kier alpha value is -1.00. The van der Waals surface area contributed by atoms with Crippen LogP contribution >= 0.6 is 11.9 Å². The van der Waals surface area contributed by atoms with E-state index in [-0.39, 0.29) is 0 Å². The number of carboxylic acids is 1. The van der Waals surface area contributed by atoms with E-state index in [9.17, 15) is 4.79 Å². The fourth-order valence-corrected chi connectivity index (χ4v) is 1.38. The number of rotatable bonds is 3. The predicted molar refractivity (Wildman–Crippen MR) is 48.3 cm³/mol. The van der Waals surface area contributed by atoms with Crippen molar-refractivity contribution in [2.75, 3.05) is 7.05 Å². The molecular formula is C8H9NO2S. The van der Waals surface area contributed by atoms with Crippen LogP contribution in [0.4, 0.5) is 0 Å². The molecule has 2 N–H and O–H groups in total. The fraction of sp³-hybridized carbons (Fsp3) is 0.125. The number of nitrogens with one attached hydrogen (secondary N) is 1. The highest BCUT2D eigenvalue weighted by Gasteiger charge is 2.02. The maximum absolute atomic E-state index is 10.5. The molecule has 0 saturated carbocycles. The lowest BCUT2D eigenvalue weighted by molar-refractivity contribution is 0.0696. The third-order valence-electron chi connectivity index (χ3n) is 1.30. The Balaban J connectivity index is 2.88. The van der Waals surface area contributed by atoms with Gasteiger partial charge >= 0.3 is 5.97 Å². The molecule has 0 spiro atoms.